The van der Waals surface area contributed by atoms with Gasteiger partial charge in [0.2, 0.25) is 0 Å². The van der Waals surface area contributed by atoms with Gasteiger partial charge in [-0.2, -0.15) is 0 Å². The molecule has 6 nitrogen and oxygen atoms in total. The molecule has 142 valence electrons. The Kier molecular flexibility index (Phi) is 6.36. The van der Waals surface area contributed by atoms with E-state index in [0.29, 0.717) is 29.3 Å². The second kappa shape index (κ2) is 9.32. The number of carbonyl (C=O) groups excluding carboxylic acids is 2. The largest absolute Gasteiger partial charge is 0.455 e. The number of hydrogen-bond donors (Lipinski definition) is 2. The SMILES string of the molecule is CCCNC(=O)c1cc(C(=O)Nc2ccccc2Oc2ccccc2)ccn1. The van der Waals surface area contributed by atoms with Crippen LogP contribution < -0.4 is 15.4 Å². The van der Waals surface area contributed by atoms with Crippen LogP contribution >= 0.6 is 0 Å². The molecule has 0 aliphatic rings. The molecule has 0 fully saturated rings. The minimum absolute atomic E-state index is 0.204. The Hall–Kier alpha value is -3.67. The molecule has 0 saturated heterocycles. The van der Waals surface area contributed by atoms with Gasteiger partial charge >= 0.3 is 0 Å². The number of carbonyl (C=O) groups is 2. The zero-order chi connectivity index (χ0) is 19.8. The highest BCUT2D eigenvalue weighted by Gasteiger charge is 2.13. The standard InChI is InChI=1S/C22H21N3O3/c1-2-13-24-22(27)19-15-16(12-14-23-19)21(26)25-18-10-6-7-11-20(18)28-17-8-4-3-5-9-17/h3-12,14-15H,2,13H2,1H3,(H,24,27)(H,25,26). The van der Waals surface area contributed by atoms with E-state index in [1.807, 2.05) is 49.4 Å². The number of benzene rings is 2. The van der Waals surface area contributed by atoms with E-state index in [2.05, 4.69) is 15.6 Å². The van der Waals surface area contributed by atoms with Crippen molar-refractivity contribution in [1.29, 1.82) is 0 Å². The van der Waals surface area contributed by atoms with Crippen molar-refractivity contribution in [3.63, 3.8) is 0 Å². The molecule has 0 saturated carbocycles. The van der Waals surface area contributed by atoms with Crippen LogP contribution in [0.25, 0.3) is 0 Å². The Balaban J connectivity index is 1.76. The first kappa shape index (κ1) is 19.1. The van der Waals surface area contributed by atoms with Crippen LogP contribution in [0.2, 0.25) is 0 Å². The Morgan fingerprint density at radius 3 is 2.50 bits per heavy atom. The summed E-state index contributed by atoms with van der Waals surface area (Å²) in [6.45, 7) is 2.52. The first-order valence-electron chi connectivity index (χ1n) is 9.05. The fraction of sp³-hybridized carbons (Fsp3) is 0.136. The van der Waals surface area contributed by atoms with Crippen LogP contribution in [0.15, 0.2) is 72.9 Å². The zero-order valence-electron chi connectivity index (χ0n) is 15.5. The fourth-order valence-electron chi connectivity index (χ4n) is 2.49. The molecule has 2 amide bonds. The molecular weight excluding hydrogens is 354 g/mol. The molecule has 0 bridgehead atoms. The molecule has 3 rings (SSSR count). The lowest BCUT2D eigenvalue weighted by molar-refractivity contribution is 0.0948. The van der Waals surface area contributed by atoms with Crippen LogP contribution in [0.5, 0.6) is 11.5 Å². The fourth-order valence-corrected chi connectivity index (χ4v) is 2.49. The molecule has 2 aromatic carbocycles. The number of aromatic nitrogens is 1. The third-order valence-corrected chi connectivity index (χ3v) is 3.90. The highest BCUT2D eigenvalue weighted by Crippen LogP contribution is 2.29. The van der Waals surface area contributed by atoms with Crippen molar-refractivity contribution in [2.24, 2.45) is 0 Å². The van der Waals surface area contributed by atoms with Crippen LogP contribution in [-0.2, 0) is 0 Å². The normalized spacial score (nSPS) is 10.2. The van der Waals surface area contributed by atoms with Gasteiger partial charge in [-0.1, -0.05) is 37.3 Å². The maximum atomic E-state index is 12.7. The van der Waals surface area contributed by atoms with Gasteiger partial charge < -0.3 is 15.4 Å². The number of nitrogens with zero attached hydrogens (tertiary/aromatic N) is 1. The Morgan fingerprint density at radius 2 is 1.71 bits per heavy atom. The van der Waals surface area contributed by atoms with Gasteiger partial charge in [-0.3, -0.25) is 14.6 Å². The molecule has 28 heavy (non-hydrogen) atoms. The molecule has 0 aliphatic carbocycles. The Morgan fingerprint density at radius 1 is 0.964 bits per heavy atom. The lowest BCUT2D eigenvalue weighted by atomic mass is 10.2. The number of anilines is 1. The molecule has 3 aromatic rings. The molecular formula is C22H21N3O3. The molecule has 2 N–H and O–H groups in total. The number of amides is 2. The van der Waals surface area contributed by atoms with Crippen LogP contribution in [0, 0.1) is 0 Å². The second-order valence-corrected chi connectivity index (χ2v) is 6.05. The highest BCUT2D eigenvalue weighted by molar-refractivity contribution is 6.06. The molecule has 1 heterocycles. The number of hydrogen-bond acceptors (Lipinski definition) is 4. The van der Waals surface area contributed by atoms with Crippen molar-refractivity contribution in [3.8, 4) is 11.5 Å². The van der Waals surface area contributed by atoms with Crippen LogP contribution in [0.3, 0.4) is 0 Å². The summed E-state index contributed by atoms with van der Waals surface area (Å²) in [5.41, 5.74) is 1.08. The minimum Gasteiger partial charge on any atom is -0.455 e. The molecule has 1 aromatic heterocycles. The summed E-state index contributed by atoms with van der Waals surface area (Å²) in [5.74, 6) is 0.542. The van der Waals surface area contributed by atoms with Crippen LogP contribution in [-0.4, -0.2) is 23.3 Å². The number of para-hydroxylation sites is 3. The molecule has 0 atom stereocenters. The van der Waals surface area contributed by atoms with E-state index in [9.17, 15) is 9.59 Å². The lowest BCUT2D eigenvalue weighted by Gasteiger charge is -2.12. The molecule has 0 spiro atoms. The van der Waals surface area contributed by atoms with Gasteiger partial charge in [-0.05, 0) is 42.8 Å². The summed E-state index contributed by atoms with van der Waals surface area (Å²) in [4.78, 5) is 28.8. The third-order valence-electron chi connectivity index (χ3n) is 3.90. The van der Waals surface area contributed by atoms with E-state index in [0.717, 1.165) is 6.42 Å². The van der Waals surface area contributed by atoms with E-state index < -0.39 is 0 Å². The maximum absolute atomic E-state index is 12.7. The first-order chi connectivity index (χ1) is 13.7. The van der Waals surface area contributed by atoms with Gasteiger partial charge in [0.05, 0.1) is 5.69 Å². The Bertz CT molecular complexity index is 958. The van der Waals surface area contributed by atoms with Gasteiger partial charge in [0.15, 0.2) is 5.75 Å². The summed E-state index contributed by atoms with van der Waals surface area (Å²) in [7, 11) is 0. The quantitative estimate of drug-likeness (QED) is 0.646. The number of pyridine rings is 1. The topological polar surface area (TPSA) is 80.3 Å². The van der Waals surface area contributed by atoms with E-state index in [4.69, 9.17) is 4.74 Å². The average Bonchev–Trinajstić information content (AvgIpc) is 2.74. The first-order valence-corrected chi connectivity index (χ1v) is 9.05. The van der Waals surface area contributed by atoms with Gasteiger partial charge in [-0.25, -0.2) is 0 Å². The number of ether oxygens (including phenoxy) is 1. The molecule has 0 unspecified atom stereocenters. The van der Waals surface area contributed by atoms with E-state index in [-0.39, 0.29) is 17.5 Å². The van der Waals surface area contributed by atoms with Crippen LogP contribution in [0.1, 0.15) is 34.2 Å². The smallest absolute Gasteiger partial charge is 0.269 e. The monoisotopic (exact) mass is 375 g/mol. The predicted octanol–water partition coefficient (Wildman–Crippen LogP) is 4.27. The van der Waals surface area contributed by atoms with Crippen LogP contribution in [0.4, 0.5) is 5.69 Å². The van der Waals surface area contributed by atoms with E-state index in [1.165, 1.54) is 12.3 Å². The number of nitrogens with one attached hydrogen (secondary N) is 2. The van der Waals surface area contributed by atoms with Gasteiger partial charge in [-0.15, -0.1) is 0 Å². The van der Waals surface area contributed by atoms with E-state index >= 15 is 0 Å². The van der Waals surface area contributed by atoms with Crippen molar-refractivity contribution in [3.05, 3.63) is 84.2 Å². The summed E-state index contributed by atoms with van der Waals surface area (Å²) < 4.78 is 5.86. The van der Waals surface area contributed by atoms with Crippen molar-refractivity contribution >= 4 is 17.5 Å². The van der Waals surface area contributed by atoms with E-state index in [1.54, 1.807) is 18.2 Å². The summed E-state index contributed by atoms with van der Waals surface area (Å²) in [6.07, 6.45) is 2.27. The Labute approximate surface area is 163 Å². The molecule has 6 heteroatoms. The lowest BCUT2D eigenvalue weighted by Crippen LogP contribution is -2.25. The summed E-state index contributed by atoms with van der Waals surface area (Å²) >= 11 is 0. The number of rotatable bonds is 7. The molecule has 0 radical (unpaired) electrons. The van der Waals surface area contributed by atoms with Crippen molar-refractivity contribution in [2.45, 2.75) is 13.3 Å². The highest BCUT2D eigenvalue weighted by atomic mass is 16.5. The third kappa shape index (κ3) is 4.94. The predicted molar refractivity (Wildman–Crippen MR) is 108 cm³/mol. The van der Waals surface area contributed by atoms with Gasteiger partial charge in [0.25, 0.3) is 11.8 Å². The van der Waals surface area contributed by atoms with Crippen molar-refractivity contribution in [2.75, 3.05) is 11.9 Å². The summed E-state index contributed by atoms with van der Waals surface area (Å²) in [6, 6.07) is 19.5. The average molecular weight is 375 g/mol. The summed E-state index contributed by atoms with van der Waals surface area (Å²) in [5, 5.41) is 5.58. The van der Waals surface area contributed by atoms with Crippen molar-refractivity contribution < 1.29 is 14.3 Å². The van der Waals surface area contributed by atoms with Crippen molar-refractivity contribution in [1.82, 2.24) is 10.3 Å². The van der Waals surface area contributed by atoms with Gasteiger partial charge in [0, 0.05) is 18.3 Å². The second-order valence-electron chi connectivity index (χ2n) is 6.05. The zero-order valence-corrected chi connectivity index (χ0v) is 15.5. The minimum atomic E-state index is -0.351. The molecule has 0 aliphatic heterocycles. The maximum Gasteiger partial charge on any atom is 0.269 e. The van der Waals surface area contributed by atoms with Gasteiger partial charge in [0.1, 0.15) is 11.4 Å².